The fourth-order valence-electron chi connectivity index (χ4n) is 3.43. The minimum atomic E-state index is -0.380. The Balaban J connectivity index is 1.88. The van der Waals surface area contributed by atoms with Crippen LogP contribution in [0.1, 0.15) is 44.2 Å². The van der Waals surface area contributed by atoms with Crippen molar-refractivity contribution < 1.29 is 9.53 Å². The molecule has 3 rings (SSSR count). The van der Waals surface area contributed by atoms with Gasteiger partial charge in [-0.15, -0.1) is 0 Å². The van der Waals surface area contributed by atoms with Gasteiger partial charge in [0, 0.05) is 5.69 Å². The lowest BCUT2D eigenvalue weighted by Gasteiger charge is -2.24. The number of nitrogens with one attached hydrogen (secondary N) is 2. The summed E-state index contributed by atoms with van der Waals surface area (Å²) in [6.45, 7) is 6.16. The highest BCUT2D eigenvalue weighted by atomic mass is 32.1. The van der Waals surface area contributed by atoms with E-state index >= 15 is 0 Å². The third-order valence-corrected chi connectivity index (χ3v) is 5.27. The molecule has 0 spiro atoms. The van der Waals surface area contributed by atoms with Crippen molar-refractivity contribution in [2.45, 2.75) is 26.8 Å². The number of thiocarbonyl (C=S) groups is 1. The molecule has 30 heavy (non-hydrogen) atoms. The van der Waals surface area contributed by atoms with Gasteiger partial charge in [0.2, 0.25) is 0 Å². The van der Waals surface area contributed by atoms with E-state index in [1.807, 2.05) is 31.2 Å². The van der Waals surface area contributed by atoms with Crippen molar-refractivity contribution in [2.75, 3.05) is 12.4 Å². The Labute approximate surface area is 183 Å². The zero-order chi connectivity index (χ0) is 21.7. The largest absolute Gasteiger partial charge is 0.465 e. The molecule has 0 unspecified atom stereocenters. The van der Waals surface area contributed by atoms with Crippen LogP contribution in [-0.4, -0.2) is 18.2 Å². The van der Waals surface area contributed by atoms with Gasteiger partial charge in [0.15, 0.2) is 5.11 Å². The first-order valence-corrected chi connectivity index (χ1v) is 10.2. The predicted molar refractivity (Wildman–Crippen MR) is 126 cm³/mol. The molecule has 3 aromatic rings. The van der Waals surface area contributed by atoms with Gasteiger partial charge in [-0.1, -0.05) is 60.2 Å². The van der Waals surface area contributed by atoms with Crippen LogP contribution in [0.4, 0.5) is 5.69 Å². The van der Waals surface area contributed by atoms with Gasteiger partial charge in [-0.2, -0.15) is 0 Å². The second-order valence-corrected chi connectivity index (χ2v) is 7.73. The highest BCUT2D eigenvalue weighted by Gasteiger charge is 2.18. The third kappa shape index (κ3) is 5.05. The van der Waals surface area contributed by atoms with Crippen LogP contribution in [0.15, 0.2) is 66.7 Å². The molecule has 154 valence electrons. The molecule has 0 amide bonds. The third-order valence-electron chi connectivity index (χ3n) is 5.05. The van der Waals surface area contributed by atoms with E-state index < -0.39 is 0 Å². The lowest BCUT2D eigenvalue weighted by atomic mass is 9.94. The summed E-state index contributed by atoms with van der Waals surface area (Å²) in [5.41, 5.74) is 6.92. The maximum absolute atomic E-state index is 11.9. The quantitative estimate of drug-likeness (QED) is 0.425. The van der Waals surface area contributed by atoms with E-state index in [0.717, 1.165) is 22.4 Å². The molecule has 0 radical (unpaired) electrons. The van der Waals surface area contributed by atoms with E-state index in [2.05, 4.69) is 54.8 Å². The van der Waals surface area contributed by atoms with Gasteiger partial charge in [0.05, 0.1) is 18.7 Å². The summed E-state index contributed by atoms with van der Waals surface area (Å²) >= 11 is 5.64. The Kier molecular flexibility index (Phi) is 6.85. The second kappa shape index (κ2) is 9.55. The maximum atomic E-state index is 11.9. The number of esters is 1. The average molecular weight is 419 g/mol. The van der Waals surface area contributed by atoms with Gasteiger partial charge in [-0.25, -0.2) is 4.79 Å². The van der Waals surface area contributed by atoms with Crippen LogP contribution in [0.25, 0.3) is 0 Å². The molecule has 4 nitrogen and oxygen atoms in total. The molecule has 0 fully saturated rings. The molecule has 0 aliphatic rings. The Morgan fingerprint density at radius 3 is 2.33 bits per heavy atom. The van der Waals surface area contributed by atoms with Gasteiger partial charge in [0.1, 0.15) is 0 Å². The molecule has 0 saturated carbocycles. The molecule has 0 aliphatic heterocycles. The minimum Gasteiger partial charge on any atom is -0.465 e. The number of benzene rings is 3. The minimum absolute atomic E-state index is 0.101. The Morgan fingerprint density at radius 2 is 1.67 bits per heavy atom. The molecular formula is C25H26N2O2S. The fourth-order valence-corrected chi connectivity index (χ4v) is 3.65. The monoisotopic (exact) mass is 418 g/mol. The topological polar surface area (TPSA) is 50.4 Å². The van der Waals surface area contributed by atoms with E-state index in [-0.39, 0.29) is 12.0 Å². The van der Waals surface area contributed by atoms with Crippen molar-refractivity contribution in [3.63, 3.8) is 0 Å². The number of hydrogen-bond acceptors (Lipinski definition) is 3. The van der Waals surface area contributed by atoms with Crippen molar-refractivity contribution in [1.29, 1.82) is 0 Å². The van der Waals surface area contributed by atoms with E-state index in [0.29, 0.717) is 10.7 Å². The number of ether oxygens (including phenoxy) is 1. The van der Waals surface area contributed by atoms with Crippen LogP contribution in [0.3, 0.4) is 0 Å². The summed E-state index contributed by atoms with van der Waals surface area (Å²) in [4.78, 5) is 11.9. The zero-order valence-electron chi connectivity index (χ0n) is 17.7. The van der Waals surface area contributed by atoms with Gasteiger partial charge < -0.3 is 15.4 Å². The van der Waals surface area contributed by atoms with Crippen molar-refractivity contribution in [3.8, 4) is 0 Å². The number of methoxy groups -OCH3 is 1. The summed E-state index contributed by atoms with van der Waals surface area (Å²) in [6, 6.07) is 21.9. The average Bonchev–Trinajstić information content (AvgIpc) is 2.74. The lowest BCUT2D eigenvalue weighted by molar-refractivity contribution is 0.0601. The molecule has 0 heterocycles. The first-order chi connectivity index (χ1) is 14.4. The number of rotatable bonds is 5. The molecule has 5 heteroatoms. The van der Waals surface area contributed by atoms with Crippen LogP contribution in [0.5, 0.6) is 0 Å². The van der Waals surface area contributed by atoms with Crippen LogP contribution in [0, 0.1) is 20.8 Å². The molecule has 2 N–H and O–H groups in total. The summed E-state index contributed by atoms with van der Waals surface area (Å²) < 4.78 is 4.82. The van der Waals surface area contributed by atoms with Crippen LogP contribution in [0.2, 0.25) is 0 Å². The molecule has 3 aromatic carbocycles. The zero-order valence-corrected chi connectivity index (χ0v) is 18.5. The Hall–Kier alpha value is -3.18. The predicted octanol–water partition coefficient (Wildman–Crippen LogP) is 5.47. The standard InChI is InChI=1S/C25H26N2O2S/c1-16-10-13-21(18(3)14-16)23(19-8-6-5-7-9-19)27-25(30)26-22-15-20(24(28)29-4)12-11-17(22)2/h5-15,23H,1-4H3,(H2,26,27,30)/t23-/m0/s1. The summed E-state index contributed by atoms with van der Waals surface area (Å²) in [6.07, 6.45) is 0. The smallest absolute Gasteiger partial charge is 0.337 e. The lowest BCUT2D eigenvalue weighted by Crippen LogP contribution is -2.33. The number of carbonyl (C=O) groups is 1. The van der Waals surface area contributed by atoms with E-state index in [9.17, 15) is 4.79 Å². The number of anilines is 1. The van der Waals surface area contributed by atoms with Crippen molar-refractivity contribution >= 4 is 29.0 Å². The highest BCUT2D eigenvalue weighted by Crippen LogP contribution is 2.26. The molecular weight excluding hydrogens is 392 g/mol. The van der Waals surface area contributed by atoms with Gasteiger partial charge >= 0.3 is 5.97 Å². The number of aryl methyl sites for hydroxylation is 3. The SMILES string of the molecule is COC(=O)c1ccc(C)c(NC(=S)N[C@@H](c2ccccc2)c2ccc(C)cc2C)c1. The normalized spacial score (nSPS) is 11.5. The molecule has 0 aliphatic carbocycles. The van der Waals surface area contributed by atoms with Gasteiger partial charge in [0.25, 0.3) is 0 Å². The maximum Gasteiger partial charge on any atom is 0.337 e. The Bertz CT molecular complexity index is 1060. The van der Waals surface area contributed by atoms with Gasteiger partial charge in [-0.3, -0.25) is 0 Å². The molecule has 1 atom stereocenters. The second-order valence-electron chi connectivity index (χ2n) is 7.32. The van der Waals surface area contributed by atoms with Crippen molar-refractivity contribution in [2.24, 2.45) is 0 Å². The number of carbonyl (C=O) groups excluding carboxylic acids is 1. The fraction of sp³-hybridized carbons (Fsp3) is 0.200. The molecule has 0 saturated heterocycles. The Morgan fingerprint density at radius 1 is 0.933 bits per heavy atom. The van der Waals surface area contributed by atoms with E-state index in [1.165, 1.54) is 18.2 Å². The number of hydrogen-bond donors (Lipinski definition) is 2. The van der Waals surface area contributed by atoms with Crippen LogP contribution < -0.4 is 10.6 Å². The van der Waals surface area contributed by atoms with Crippen molar-refractivity contribution in [1.82, 2.24) is 5.32 Å². The first kappa shape index (κ1) is 21.5. The summed E-state index contributed by atoms with van der Waals surface area (Å²) in [5.74, 6) is -0.380. The van der Waals surface area contributed by atoms with Crippen LogP contribution >= 0.6 is 12.2 Å². The van der Waals surface area contributed by atoms with Gasteiger partial charge in [-0.05, 0) is 67.4 Å². The summed E-state index contributed by atoms with van der Waals surface area (Å²) in [7, 11) is 1.37. The van der Waals surface area contributed by atoms with E-state index in [4.69, 9.17) is 17.0 Å². The molecule has 0 aromatic heterocycles. The molecule has 0 bridgehead atoms. The van der Waals surface area contributed by atoms with Crippen LogP contribution in [-0.2, 0) is 4.74 Å². The van der Waals surface area contributed by atoms with Crippen molar-refractivity contribution in [3.05, 3.63) is 100 Å². The highest BCUT2D eigenvalue weighted by molar-refractivity contribution is 7.80. The first-order valence-electron chi connectivity index (χ1n) is 9.77. The van der Waals surface area contributed by atoms with E-state index in [1.54, 1.807) is 12.1 Å². The summed E-state index contributed by atoms with van der Waals surface area (Å²) in [5, 5.41) is 7.18.